The minimum absolute atomic E-state index is 0.00225. The third kappa shape index (κ3) is 3.03. The van der Waals surface area contributed by atoms with Gasteiger partial charge in [0.1, 0.15) is 0 Å². The first kappa shape index (κ1) is 16.6. The summed E-state index contributed by atoms with van der Waals surface area (Å²) in [6.45, 7) is 3.62. The maximum atomic E-state index is 12.8. The van der Waals surface area contributed by atoms with Crippen molar-refractivity contribution in [3.8, 4) is 0 Å². The number of anilines is 1. The SMILES string of the molecule is CC(=O)c1cccc(NC(=O)C2CCc3[nH]c4ccc(C)cc4c3C2)c1. The molecule has 4 nitrogen and oxygen atoms in total. The van der Waals surface area contributed by atoms with Gasteiger partial charge in [0, 0.05) is 33.8 Å². The molecule has 1 aromatic heterocycles. The van der Waals surface area contributed by atoms with E-state index in [-0.39, 0.29) is 17.6 Å². The number of amides is 1. The Balaban J connectivity index is 1.56. The summed E-state index contributed by atoms with van der Waals surface area (Å²) in [5, 5.41) is 4.22. The van der Waals surface area contributed by atoms with Crippen molar-refractivity contribution in [3.05, 3.63) is 64.8 Å². The molecule has 0 fully saturated rings. The second-order valence-electron chi connectivity index (χ2n) is 7.20. The molecular formula is C22H22N2O2. The summed E-state index contributed by atoms with van der Waals surface area (Å²) < 4.78 is 0. The van der Waals surface area contributed by atoms with Crippen LogP contribution < -0.4 is 5.32 Å². The fourth-order valence-electron chi connectivity index (χ4n) is 3.81. The van der Waals surface area contributed by atoms with Gasteiger partial charge in [-0.15, -0.1) is 0 Å². The van der Waals surface area contributed by atoms with E-state index in [1.807, 2.05) is 6.07 Å². The van der Waals surface area contributed by atoms with Crippen molar-refractivity contribution < 1.29 is 9.59 Å². The molecule has 1 aliphatic carbocycles. The van der Waals surface area contributed by atoms with Crippen LogP contribution in [-0.2, 0) is 17.6 Å². The summed E-state index contributed by atoms with van der Waals surface area (Å²) >= 11 is 0. The molecule has 0 spiro atoms. The maximum absolute atomic E-state index is 12.8. The molecule has 2 N–H and O–H groups in total. The van der Waals surface area contributed by atoms with Crippen molar-refractivity contribution in [1.82, 2.24) is 4.98 Å². The number of rotatable bonds is 3. The van der Waals surface area contributed by atoms with Crippen LogP contribution in [-0.4, -0.2) is 16.7 Å². The highest BCUT2D eigenvalue weighted by molar-refractivity contribution is 5.98. The highest BCUT2D eigenvalue weighted by atomic mass is 16.2. The summed E-state index contributed by atoms with van der Waals surface area (Å²) in [4.78, 5) is 27.8. The minimum atomic E-state index is -0.0528. The van der Waals surface area contributed by atoms with Crippen molar-refractivity contribution in [3.63, 3.8) is 0 Å². The standard InChI is InChI=1S/C22H22N2O2/c1-13-6-8-20-18(10-13)19-12-16(7-9-21(19)24-20)22(26)23-17-5-3-4-15(11-17)14(2)25/h3-6,8,10-11,16,24H,7,9,12H2,1-2H3,(H,23,26). The van der Waals surface area contributed by atoms with Gasteiger partial charge in [0.05, 0.1) is 0 Å². The van der Waals surface area contributed by atoms with Crippen LogP contribution in [0.5, 0.6) is 0 Å². The van der Waals surface area contributed by atoms with E-state index in [0.717, 1.165) is 24.8 Å². The zero-order valence-electron chi connectivity index (χ0n) is 15.1. The molecule has 4 heteroatoms. The molecule has 1 amide bonds. The molecule has 2 aromatic carbocycles. The Kier molecular flexibility index (Phi) is 4.11. The van der Waals surface area contributed by atoms with E-state index in [1.54, 1.807) is 18.2 Å². The highest BCUT2D eigenvalue weighted by Crippen LogP contribution is 2.32. The minimum Gasteiger partial charge on any atom is -0.358 e. The molecule has 26 heavy (non-hydrogen) atoms. The highest BCUT2D eigenvalue weighted by Gasteiger charge is 2.27. The number of Topliss-reactive ketones (excluding diaryl/α,β-unsaturated/α-hetero) is 1. The van der Waals surface area contributed by atoms with E-state index in [2.05, 4.69) is 35.4 Å². The van der Waals surface area contributed by atoms with Gasteiger partial charge in [-0.05, 0) is 62.9 Å². The number of hydrogen-bond donors (Lipinski definition) is 2. The first-order valence-corrected chi connectivity index (χ1v) is 9.03. The Morgan fingerprint density at radius 2 is 2.00 bits per heavy atom. The number of aromatic nitrogens is 1. The van der Waals surface area contributed by atoms with E-state index in [0.29, 0.717) is 11.3 Å². The molecule has 132 valence electrons. The van der Waals surface area contributed by atoms with Crippen molar-refractivity contribution in [2.24, 2.45) is 5.92 Å². The Morgan fingerprint density at radius 3 is 2.81 bits per heavy atom. The molecule has 1 atom stereocenters. The van der Waals surface area contributed by atoms with Crippen LogP contribution in [0.25, 0.3) is 10.9 Å². The van der Waals surface area contributed by atoms with Gasteiger partial charge in [-0.3, -0.25) is 9.59 Å². The molecule has 4 rings (SSSR count). The molecule has 3 aromatic rings. The number of carbonyl (C=O) groups is 2. The lowest BCUT2D eigenvalue weighted by Crippen LogP contribution is -2.28. The predicted molar refractivity (Wildman–Crippen MR) is 104 cm³/mol. The number of benzene rings is 2. The van der Waals surface area contributed by atoms with Gasteiger partial charge in [-0.2, -0.15) is 0 Å². The second kappa shape index (κ2) is 6.45. The van der Waals surface area contributed by atoms with Crippen LogP contribution in [0.2, 0.25) is 0 Å². The largest absolute Gasteiger partial charge is 0.358 e. The van der Waals surface area contributed by atoms with E-state index in [1.165, 1.54) is 29.1 Å². The first-order valence-electron chi connectivity index (χ1n) is 9.03. The van der Waals surface area contributed by atoms with E-state index >= 15 is 0 Å². The van der Waals surface area contributed by atoms with Crippen LogP contribution >= 0.6 is 0 Å². The Bertz CT molecular complexity index is 1020. The van der Waals surface area contributed by atoms with Crippen molar-refractivity contribution >= 4 is 28.3 Å². The number of hydrogen-bond acceptors (Lipinski definition) is 2. The van der Waals surface area contributed by atoms with Crippen LogP contribution in [0, 0.1) is 12.8 Å². The maximum Gasteiger partial charge on any atom is 0.227 e. The summed E-state index contributed by atoms with van der Waals surface area (Å²) in [5.41, 5.74) is 6.20. The molecule has 0 bridgehead atoms. The molecule has 0 saturated heterocycles. The molecule has 1 aliphatic rings. The summed E-state index contributed by atoms with van der Waals surface area (Å²) in [5.74, 6) is -0.0288. The summed E-state index contributed by atoms with van der Waals surface area (Å²) in [6.07, 6.45) is 2.46. The third-order valence-corrected chi connectivity index (χ3v) is 5.25. The van der Waals surface area contributed by atoms with Gasteiger partial charge in [0.15, 0.2) is 5.78 Å². The molecular weight excluding hydrogens is 324 g/mol. The Hall–Kier alpha value is -2.88. The van der Waals surface area contributed by atoms with Crippen LogP contribution in [0.4, 0.5) is 5.69 Å². The lowest BCUT2D eigenvalue weighted by atomic mass is 9.85. The molecule has 1 unspecified atom stereocenters. The third-order valence-electron chi connectivity index (χ3n) is 5.25. The van der Waals surface area contributed by atoms with Crippen LogP contribution in [0.15, 0.2) is 42.5 Å². The van der Waals surface area contributed by atoms with Crippen LogP contribution in [0.1, 0.15) is 40.5 Å². The normalized spacial score (nSPS) is 16.3. The first-order chi connectivity index (χ1) is 12.5. The average molecular weight is 346 g/mol. The van der Waals surface area contributed by atoms with Crippen molar-refractivity contribution in [2.45, 2.75) is 33.1 Å². The monoisotopic (exact) mass is 346 g/mol. The fraction of sp³-hybridized carbons (Fsp3) is 0.273. The number of ketones is 1. The van der Waals surface area contributed by atoms with Gasteiger partial charge >= 0.3 is 0 Å². The average Bonchev–Trinajstić information content (AvgIpc) is 2.99. The van der Waals surface area contributed by atoms with Crippen molar-refractivity contribution in [1.29, 1.82) is 0 Å². The van der Waals surface area contributed by atoms with E-state index in [9.17, 15) is 9.59 Å². The lowest BCUT2D eigenvalue weighted by molar-refractivity contribution is -0.120. The van der Waals surface area contributed by atoms with Crippen molar-refractivity contribution in [2.75, 3.05) is 5.32 Å². The molecule has 0 aliphatic heterocycles. The topological polar surface area (TPSA) is 62.0 Å². The van der Waals surface area contributed by atoms with Gasteiger partial charge in [0.25, 0.3) is 0 Å². The Morgan fingerprint density at radius 1 is 1.15 bits per heavy atom. The quantitative estimate of drug-likeness (QED) is 0.690. The van der Waals surface area contributed by atoms with E-state index in [4.69, 9.17) is 0 Å². The molecule has 0 saturated carbocycles. The van der Waals surface area contributed by atoms with Crippen LogP contribution in [0.3, 0.4) is 0 Å². The fourth-order valence-corrected chi connectivity index (χ4v) is 3.81. The van der Waals surface area contributed by atoms with E-state index < -0.39 is 0 Å². The number of nitrogens with one attached hydrogen (secondary N) is 2. The molecule has 0 radical (unpaired) electrons. The number of carbonyl (C=O) groups excluding carboxylic acids is 2. The predicted octanol–water partition coefficient (Wildman–Crippen LogP) is 4.42. The summed E-state index contributed by atoms with van der Waals surface area (Å²) in [6, 6.07) is 13.5. The Labute approximate surface area is 152 Å². The molecule has 1 heterocycles. The zero-order valence-corrected chi connectivity index (χ0v) is 15.1. The van der Waals surface area contributed by atoms with Gasteiger partial charge in [-0.25, -0.2) is 0 Å². The number of fused-ring (bicyclic) bond motifs is 3. The number of aryl methyl sites for hydroxylation is 2. The lowest BCUT2D eigenvalue weighted by Gasteiger charge is -2.22. The van der Waals surface area contributed by atoms with Gasteiger partial charge < -0.3 is 10.3 Å². The number of H-pyrrole nitrogens is 1. The second-order valence-corrected chi connectivity index (χ2v) is 7.20. The zero-order chi connectivity index (χ0) is 18.3. The van der Waals surface area contributed by atoms with Gasteiger partial charge in [0.2, 0.25) is 5.91 Å². The van der Waals surface area contributed by atoms with Gasteiger partial charge in [-0.1, -0.05) is 23.8 Å². The summed E-state index contributed by atoms with van der Waals surface area (Å²) in [7, 11) is 0. The number of aromatic amines is 1. The smallest absolute Gasteiger partial charge is 0.227 e.